The van der Waals surface area contributed by atoms with Gasteiger partial charge in [0.25, 0.3) is 0 Å². The maximum atomic E-state index is 11.8. The van der Waals surface area contributed by atoms with Gasteiger partial charge in [-0.25, -0.2) is 9.78 Å². The second-order valence-corrected chi connectivity index (χ2v) is 6.53. The minimum Gasteiger partial charge on any atom is -0.338 e. The Balaban J connectivity index is 1.68. The van der Waals surface area contributed by atoms with Crippen molar-refractivity contribution in [2.75, 3.05) is 13.1 Å². The molecule has 0 radical (unpaired) electrons. The summed E-state index contributed by atoms with van der Waals surface area (Å²) in [4.78, 5) is 16.0. The molecule has 2 rings (SSSR count). The van der Waals surface area contributed by atoms with Gasteiger partial charge in [-0.1, -0.05) is 13.8 Å². The second-order valence-electron chi connectivity index (χ2n) is 4.82. The van der Waals surface area contributed by atoms with Crippen molar-refractivity contribution in [1.82, 2.24) is 15.6 Å². The second kappa shape index (κ2) is 7.40. The first-order valence-electron chi connectivity index (χ1n) is 6.60. The Bertz CT molecular complexity index is 464. The van der Waals surface area contributed by atoms with Crippen LogP contribution in [0.1, 0.15) is 36.3 Å². The summed E-state index contributed by atoms with van der Waals surface area (Å²) < 4.78 is 0. The van der Waals surface area contributed by atoms with Crippen LogP contribution in [0.5, 0.6) is 0 Å². The van der Waals surface area contributed by atoms with Gasteiger partial charge in [-0.05, 0) is 28.3 Å². The number of carbonyl (C=O) groups is 1. The molecule has 0 aliphatic rings. The molecule has 0 aliphatic heterocycles. The van der Waals surface area contributed by atoms with Crippen molar-refractivity contribution in [1.29, 1.82) is 0 Å². The van der Waals surface area contributed by atoms with Crippen LogP contribution in [-0.4, -0.2) is 24.1 Å². The Morgan fingerprint density at radius 1 is 1.25 bits per heavy atom. The summed E-state index contributed by atoms with van der Waals surface area (Å²) >= 11 is 3.30. The minimum absolute atomic E-state index is 0.115. The first kappa shape index (κ1) is 15.0. The number of amides is 2. The summed E-state index contributed by atoms with van der Waals surface area (Å²) in [5.74, 6) is 0.582. The van der Waals surface area contributed by atoms with Crippen LogP contribution >= 0.6 is 22.7 Å². The Morgan fingerprint density at radius 3 is 2.60 bits per heavy atom. The zero-order chi connectivity index (χ0) is 14.4. The topological polar surface area (TPSA) is 54.0 Å². The van der Waals surface area contributed by atoms with Crippen LogP contribution < -0.4 is 10.6 Å². The van der Waals surface area contributed by atoms with Gasteiger partial charge < -0.3 is 10.6 Å². The molecule has 2 aromatic heterocycles. The Labute approximate surface area is 127 Å². The quantitative estimate of drug-likeness (QED) is 0.859. The molecule has 0 aromatic carbocycles. The molecule has 108 valence electrons. The van der Waals surface area contributed by atoms with E-state index in [0.29, 0.717) is 19.0 Å². The fourth-order valence-electron chi connectivity index (χ4n) is 1.79. The zero-order valence-electron chi connectivity index (χ0n) is 11.6. The molecule has 2 atom stereocenters. The van der Waals surface area contributed by atoms with E-state index in [1.807, 2.05) is 5.38 Å². The maximum absolute atomic E-state index is 11.8. The SMILES string of the molecule is CC(CNC(=O)NCC(C)c1nccs1)c1ccsc1. The van der Waals surface area contributed by atoms with Gasteiger partial charge in [0, 0.05) is 30.6 Å². The predicted molar refractivity (Wildman–Crippen MR) is 84.7 cm³/mol. The van der Waals surface area contributed by atoms with Crippen LogP contribution in [-0.2, 0) is 0 Å². The molecule has 4 nitrogen and oxygen atoms in total. The van der Waals surface area contributed by atoms with E-state index < -0.39 is 0 Å². The fourth-order valence-corrected chi connectivity index (χ4v) is 3.27. The monoisotopic (exact) mass is 309 g/mol. The van der Waals surface area contributed by atoms with E-state index in [0.717, 1.165) is 5.01 Å². The summed E-state index contributed by atoms with van der Waals surface area (Å²) in [6.45, 7) is 5.42. The van der Waals surface area contributed by atoms with Crippen LogP contribution in [0.15, 0.2) is 28.4 Å². The summed E-state index contributed by atoms with van der Waals surface area (Å²) in [5, 5.41) is 13.0. The van der Waals surface area contributed by atoms with Crippen molar-refractivity contribution in [3.05, 3.63) is 39.0 Å². The molecule has 20 heavy (non-hydrogen) atoms. The van der Waals surface area contributed by atoms with Gasteiger partial charge in [0.1, 0.15) is 0 Å². The Morgan fingerprint density at radius 2 is 2.00 bits per heavy atom. The van der Waals surface area contributed by atoms with Gasteiger partial charge in [0.15, 0.2) is 0 Å². The first-order valence-corrected chi connectivity index (χ1v) is 8.42. The molecule has 2 unspecified atom stereocenters. The third-order valence-electron chi connectivity index (χ3n) is 3.12. The molecule has 2 N–H and O–H groups in total. The highest BCUT2D eigenvalue weighted by Gasteiger charge is 2.11. The van der Waals surface area contributed by atoms with Gasteiger partial charge in [-0.15, -0.1) is 11.3 Å². The van der Waals surface area contributed by atoms with Crippen molar-refractivity contribution in [2.24, 2.45) is 0 Å². The molecule has 2 aromatic rings. The van der Waals surface area contributed by atoms with Crippen molar-refractivity contribution in [3.8, 4) is 0 Å². The summed E-state index contributed by atoms with van der Waals surface area (Å²) in [6.07, 6.45) is 1.79. The number of urea groups is 1. The number of aromatic nitrogens is 1. The van der Waals surface area contributed by atoms with Crippen LogP contribution in [0, 0.1) is 0 Å². The van der Waals surface area contributed by atoms with Gasteiger partial charge >= 0.3 is 6.03 Å². The van der Waals surface area contributed by atoms with E-state index in [2.05, 4.69) is 46.3 Å². The number of hydrogen-bond acceptors (Lipinski definition) is 4. The number of nitrogens with one attached hydrogen (secondary N) is 2. The van der Waals surface area contributed by atoms with E-state index in [-0.39, 0.29) is 11.9 Å². The number of carbonyl (C=O) groups excluding carboxylic acids is 1. The van der Waals surface area contributed by atoms with Crippen LogP contribution in [0.25, 0.3) is 0 Å². The summed E-state index contributed by atoms with van der Waals surface area (Å²) in [7, 11) is 0. The van der Waals surface area contributed by atoms with Crippen molar-refractivity contribution in [3.63, 3.8) is 0 Å². The number of thiophene rings is 1. The first-order chi connectivity index (χ1) is 9.66. The highest BCUT2D eigenvalue weighted by molar-refractivity contribution is 7.09. The third kappa shape index (κ3) is 4.31. The molecule has 0 saturated carbocycles. The lowest BCUT2D eigenvalue weighted by Gasteiger charge is -2.14. The molecule has 0 spiro atoms. The average Bonchev–Trinajstić information content (AvgIpc) is 3.14. The molecule has 0 aliphatic carbocycles. The molecule has 6 heteroatoms. The van der Waals surface area contributed by atoms with E-state index in [1.165, 1.54) is 5.56 Å². The lowest BCUT2D eigenvalue weighted by molar-refractivity contribution is 0.240. The standard InChI is InChI=1S/C14H19N3OS2/c1-10(12-3-5-19-9-12)7-16-14(18)17-8-11(2)13-15-4-6-20-13/h3-6,9-11H,7-8H2,1-2H3,(H2,16,17,18). The molecule has 0 bridgehead atoms. The van der Waals surface area contributed by atoms with Crippen LogP contribution in [0.2, 0.25) is 0 Å². The minimum atomic E-state index is -0.115. The fraction of sp³-hybridized carbons (Fsp3) is 0.429. The van der Waals surface area contributed by atoms with E-state index in [4.69, 9.17) is 0 Å². The van der Waals surface area contributed by atoms with Crippen LogP contribution in [0.3, 0.4) is 0 Å². The zero-order valence-corrected chi connectivity index (χ0v) is 13.3. The van der Waals surface area contributed by atoms with Gasteiger partial charge in [-0.3, -0.25) is 0 Å². The molecule has 0 saturated heterocycles. The van der Waals surface area contributed by atoms with Crippen LogP contribution in [0.4, 0.5) is 4.79 Å². The Hall–Kier alpha value is -1.40. The van der Waals surface area contributed by atoms with Crippen molar-refractivity contribution in [2.45, 2.75) is 25.7 Å². The van der Waals surface area contributed by atoms with Gasteiger partial charge in [0.05, 0.1) is 5.01 Å². The van der Waals surface area contributed by atoms with Gasteiger partial charge in [-0.2, -0.15) is 11.3 Å². The number of thiazole rings is 1. The molecule has 0 fully saturated rings. The third-order valence-corrected chi connectivity index (χ3v) is 4.83. The highest BCUT2D eigenvalue weighted by atomic mass is 32.1. The Kier molecular flexibility index (Phi) is 5.55. The normalized spacial score (nSPS) is 13.7. The molecule has 2 heterocycles. The number of hydrogen-bond donors (Lipinski definition) is 2. The number of rotatable bonds is 6. The maximum Gasteiger partial charge on any atom is 0.314 e. The average molecular weight is 309 g/mol. The highest BCUT2D eigenvalue weighted by Crippen LogP contribution is 2.17. The molecular weight excluding hydrogens is 290 g/mol. The van der Waals surface area contributed by atoms with Gasteiger partial charge in [0.2, 0.25) is 0 Å². The number of nitrogens with zero attached hydrogens (tertiary/aromatic N) is 1. The lowest BCUT2D eigenvalue weighted by Crippen LogP contribution is -2.39. The molecule has 2 amide bonds. The molecular formula is C14H19N3OS2. The largest absolute Gasteiger partial charge is 0.338 e. The van der Waals surface area contributed by atoms with Crippen molar-refractivity contribution >= 4 is 28.7 Å². The van der Waals surface area contributed by atoms with E-state index in [1.54, 1.807) is 28.9 Å². The van der Waals surface area contributed by atoms with E-state index in [9.17, 15) is 4.79 Å². The smallest absolute Gasteiger partial charge is 0.314 e. The summed E-state index contributed by atoms with van der Waals surface area (Å²) in [6, 6.07) is 1.98. The van der Waals surface area contributed by atoms with E-state index >= 15 is 0 Å². The van der Waals surface area contributed by atoms with Crippen molar-refractivity contribution < 1.29 is 4.79 Å². The summed E-state index contributed by atoms with van der Waals surface area (Å²) in [5.41, 5.74) is 1.27. The predicted octanol–water partition coefficient (Wildman–Crippen LogP) is 3.41. The lowest BCUT2D eigenvalue weighted by atomic mass is 10.1.